The fraction of sp³-hybridized carbons (Fsp3) is 0.250. The molecule has 0 spiro atoms. The summed E-state index contributed by atoms with van der Waals surface area (Å²) < 4.78 is 35.8. The summed E-state index contributed by atoms with van der Waals surface area (Å²) in [5.41, 5.74) is 1.45. The summed E-state index contributed by atoms with van der Waals surface area (Å²) in [7, 11) is 1.59. The van der Waals surface area contributed by atoms with Crippen molar-refractivity contribution in [3.05, 3.63) is 81.9 Å². The van der Waals surface area contributed by atoms with Crippen LogP contribution in [-0.2, 0) is 10.6 Å². The Morgan fingerprint density at radius 2 is 1.97 bits per heavy atom. The van der Waals surface area contributed by atoms with Crippen LogP contribution >= 0.6 is 15.9 Å². The van der Waals surface area contributed by atoms with Gasteiger partial charge in [-0.3, -0.25) is 0 Å². The number of hydrogen-bond donors (Lipinski definition) is 1. The zero-order valence-corrected chi connectivity index (χ0v) is 20.4. The maximum Gasteiger partial charge on any atom is 0.234 e. The van der Waals surface area contributed by atoms with Crippen molar-refractivity contribution >= 4 is 27.8 Å². The molecule has 3 aromatic rings. The number of imidazole rings is 1. The molecule has 0 bridgehead atoms. The zero-order valence-electron chi connectivity index (χ0n) is 18.8. The van der Waals surface area contributed by atoms with Crippen molar-refractivity contribution in [1.82, 2.24) is 14.5 Å². The van der Waals surface area contributed by atoms with Gasteiger partial charge in [0.2, 0.25) is 5.72 Å². The SMILES string of the molecule is COc1cc(/C=C(/Br)C2=NOC(C)(c3cc(F)cc(F)c3)N2CCO)ccc1-n1cnc(C)c1. The van der Waals surface area contributed by atoms with Gasteiger partial charge in [-0.05, 0) is 58.8 Å². The molecule has 1 unspecified atom stereocenters. The van der Waals surface area contributed by atoms with Crippen molar-refractivity contribution < 1.29 is 23.5 Å². The number of hydrogen-bond acceptors (Lipinski definition) is 6. The van der Waals surface area contributed by atoms with Crippen LogP contribution in [-0.4, -0.2) is 45.7 Å². The van der Waals surface area contributed by atoms with Crippen LogP contribution in [0.15, 0.2) is 58.6 Å². The molecule has 1 atom stereocenters. The Labute approximate surface area is 204 Å². The minimum absolute atomic E-state index is 0.124. The summed E-state index contributed by atoms with van der Waals surface area (Å²) in [6, 6.07) is 8.83. The number of oxime groups is 1. The molecular formula is C24H23BrF2N4O3. The Hall–Kier alpha value is -3.24. The van der Waals surface area contributed by atoms with Gasteiger partial charge in [-0.25, -0.2) is 13.8 Å². The average molecular weight is 533 g/mol. The number of β-amino-alcohol motifs (C(OH)–C–C–N with tert-alkyl or cyclic N) is 1. The highest BCUT2D eigenvalue weighted by molar-refractivity contribution is 9.12. The molecule has 0 aliphatic carbocycles. The molecule has 4 rings (SSSR count). The van der Waals surface area contributed by atoms with E-state index in [-0.39, 0.29) is 18.7 Å². The van der Waals surface area contributed by atoms with Crippen LogP contribution in [0.4, 0.5) is 8.78 Å². The molecule has 1 aromatic heterocycles. The first-order chi connectivity index (χ1) is 16.2. The maximum atomic E-state index is 13.9. The van der Waals surface area contributed by atoms with Gasteiger partial charge in [0, 0.05) is 31.3 Å². The molecule has 178 valence electrons. The first-order valence-electron chi connectivity index (χ1n) is 10.4. The number of aliphatic hydroxyl groups excluding tert-OH is 1. The standard InChI is InChI=1S/C24H23BrF2N4O3/c1-15-13-30(14-28-15)21-5-4-16(9-22(21)33-3)8-20(25)23-29-34-24(2,31(23)6-7-32)17-10-18(26)12-19(27)11-17/h4-5,8-14,32H,6-7H2,1-3H3/b20-8+. The Morgan fingerprint density at radius 3 is 2.59 bits per heavy atom. The lowest BCUT2D eigenvalue weighted by atomic mass is 10.0. The third kappa shape index (κ3) is 4.55. The normalized spacial score (nSPS) is 18.1. The van der Waals surface area contributed by atoms with E-state index in [2.05, 4.69) is 26.1 Å². The van der Waals surface area contributed by atoms with Crippen molar-refractivity contribution in [1.29, 1.82) is 0 Å². The van der Waals surface area contributed by atoms with Crippen LogP contribution in [0.2, 0.25) is 0 Å². The number of aliphatic hydroxyl groups is 1. The first-order valence-corrected chi connectivity index (χ1v) is 11.2. The predicted octanol–water partition coefficient (Wildman–Crippen LogP) is 4.71. The molecule has 0 saturated heterocycles. The molecule has 7 nitrogen and oxygen atoms in total. The lowest BCUT2D eigenvalue weighted by Crippen LogP contribution is -2.45. The van der Waals surface area contributed by atoms with Crippen LogP contribution in [0, 0.1) is 18.6 Å². The van der Waals surface area contributed by atoms with Crippen molar-refractivity contribution in [2.24, 2.45) is 5.16 Å². The van der Waals surface area contributed by atoms with E-state index in [0.717, 1.165) is 23.0 Å². The summed E-state index contributed by atoms with van der Waals surface area (Å²) in [5.74, 6) is -0.447. The first kappa shape index (κ1) is 23.9. The van der Waals surface area contributed by atoms with Gasteiger partial charge < -0.3 is 24.1 Å². The summed E-state index contributed by atoms with van der Waals surface area (Å²) in [5, 5.41) is 13.8. The monoisotopic (exact) mass is 532 g/mol. The van der Waals surface area contributed by atoms with Gasteiger partial charge in [0.1, 0.15) is 17.4 Å². The smallest absolute Gasteiger partial charge is 0.234 e. The molecule has 0 amide bonds. The number of amidine groups is 1. The molecule has 1 N–H and O–H groups in total. The third-order valence-electron chi connectivity index (χ3n) is 5.50. The molecule has 0 radical (unpaired) electrons. The number of rotatable bonds is 7. The number of nitrogens with zero attached hydrogens (tertiary/aromatic N) is 4. The Balaban J connectivity index is 1.66. The molecule has 0 saturated carbocycles. The fourth-order valence-corrected chi connectivity index (χ4v) is 4.37. The van der Waals surface area contributed by atoms with E-state index in [9.17, 15) is 13.9 Å². The predicted molar refractivity (Wildman–Crippen MR) is 128 cm³/mol. The van der Waals surface area contributed by atoms with E-state index < -0.39 is 17.4 Å². The largest absolute Gasteiger partial charge is 0.495 e. The molecule has 0 fully saturated rings. The maximum absolute atomic E-state index is 13.9. The summed E-state index contributed by atoms with van der Waals surface area (Å²) >= 11 is 3.54. The number of halogens is 3. The highest BCUT2D eigenvalue weighted by Gasteiger charge is 2.44. The second kappa shape index (κ2) is 9.55. The second-order valence-electron chi connectivity index (χ2n) is 7.87. The fourth-order valence-electron chi connectivity index (χ4n) is 3.82. The van der Waals surface area contributed by atoms with E-state index >= 15 is 0 Å². The molecule has 2 heterocycles. The van der Waals surface area contributed by atoms with E-state index in [4.69, 9.17) is 9.57 Å². The van der Waals surface area contributed by atoms with E-state index in [1.54, 1.807) is 25.3 Å². The number of ether oxygens (including phenoxy) is 1. The summed E-state index contributed by atoms with van der Waals surface area (Å²) in [6.07, 6.45) is 5.43. The lowest BCUT2D eigenvalue weighted by molar-refractivity contribution is -0.0936. The van der Waals surface area contributed by atoms with Crippen LogP contribution < -0.4 is 4.74 Å². The number of aromatic nitrogens is 2. The minimum atomic E-state index is -1.31. The molecule has 2 aromatic carbocycles. The topological polar surface area (TPSA) is 72.1 Å². The van der Waals surface area contributed by atoms with Crippen molar-refractivity contribution in [3.63, 3.8) is 0 Å². The summed E-state index contributed by atoms with van der Waals surface area (Å²) in [4.78, 5) is 11.6. The second-order valence-corrected chi connectivity index (χ2v) is 8.72. The highest BCUT2D eigenvalue weighted by Crippen LogP contribution is 2.38. The van der Waals surface area contributed by atoms with Gasteiger partial charge in [0.25, 0.3) is 0 Å². The Morgan fingerprint density at radius 1 is 1.24 bits per heavy atom. The molecule has 10 heteroatoms. The average Bonchev–Trinajstić information content (AvgIpc) is 3.37. The quantitative estimate of drug-likeness (QED) is 0.476. The molecule has 1 aliphatic heterocycles. The van der Waals surface area contributed by atoms with E-state index in [1.165, 1.54) is 12.1 Å². The van der Waals surface area contributed by atoms with Gasteiger partial charge >= 0.3 is 0 Å². The molecule has 34 heavy (non-hydrogen) atoms. The third-order valence-corrected chi connectivity index (χ3v) is 6.09. The van der Waals surface area contributed by atoms with Crippen molar-refractivity contribution in [2.75, 3.05) is 20.3 Å². The van der Waals surface area contributed by atoms with Crippen molar-refractivity contribution in [2.45, 2.75) is 19.6 Å². The minimum Gasteiger partial charge on any atom is -0.495 e. The van der Waals surface area contributed by atoms with Crippen LogP contribution in [0.25, 0.3) is 11.8 Å². The number of aryl methyl sites for hydroxylation is 1. The van der Waals surface area contributed by atoms with E-state index in [0.29, 0.717) is 16.1 Å². The van der Waals surface area contributed by atoms with Crippen LogP contribution in [0.5, 0.6) is 5.75 Å². The van der Waals surface area contributed by atoms with Gasteiger partial charge in [0.15, 0.2) is 5.84 Å². The van der Waals surface area contributed by atoms with Gasteiger partial charge in [-0.2, -0.15) is 0 Å². The lowest BCUT2D eigenvalue weighted by Gasteiger charge is -2.34. The summed E-state index contributed by atoms with van der Waals surface area (Å²) in [6.45, 7) is 3.45. The Bertz CT molecular complexity index is 1260. The number of benzene rings is 2. The van der Waals surface area contributed by atoms with Crippen molar-refractivity contribution in [3.8, 4) is 11.4 Å². The van der Waals surface area contributed by atoms with Gasteiger partial charge in [0.05, 0.1) is 35.9 Å². The van der Waals surface area contributed by atoms with Crippen LogP contribution in [0.1, 0.15) is 23.7 Å². The van der Waals surface area contributed by atoms with Gasteiger partial charge in [-0.15, -0.1) is 0 Å². The Kier molecular flexibility index (Phi) is 6.72. The molecule has 1 aliphatic rings. The van der Waals surface area contributed by atoms with E-state index in [1.807, 2.05) is 42.0 Å². The number of methoxy groups -OCH3 is 1. The van der Waals surface area contributed by atoms with Gasteiger partial charge in [-0.1, -0.05) is 11.2 Å². The van der Waals surface area contributed by atoms with Crippen LogP contribution in [0.3, 0.4) is 0 Å². The molecular weight excluding hydrogens is 510 g/mol. The highest BCUT2D eigenvalue weighted by atomic mass is 79.9. The zero-order chi connectivity index (χ0) is 24.5.